The number of ether oxygens (including phenoxy) is 1. The fourth-order valence-electron chi connectivity index (χ4n) is 3.39. The van der Waals surface area contributed by atoms with Gasteiger partial charge in [-0.25, -0.2) is 14.5 Å². The smallest absolute Gasteiger partial charge is 0.360 e. The first-order valence-electron chi connectivity index (χ1n) is 9.11. The van der Waals surface area contributed by atoms with Crippen LogP contribution in [0.15, 0.2) is 48.5 Å². The fourth-order valence-corrected chi connectivity index (χ4v) is 3.58. The van der Waals surface area contributed by atoms with Gasteiger partial charge in [0.1, 0.15) is 0 Å². The van der Waals surface area contributed by atoms with E-state index in [-0.39, 0.29) is 5.69 Å². The third kappa shape index (κ3) is 3.20. The first kappa shape index (κ1) is 18.4. The second kappa shape index (κ2) is 7.94. The lowest BCUT2D eigenvalue weighted by Gasteiger charge is -2.13. The fraction of sp³-hybridized carbons (Fsp3) is 0.238. The molecular formula is C21H19ClN4O2. The van der Waals surface area contributed by atoms with E-state index in [1.165, 1.54) is 7.11 Å². The molecule has 0 N–H and O–H groups in total. The van der Waals surface area contributed by atoms with Crippen LogP contribution >= 0.6 is 11.6 Å². The largest absolute Gasteiger partial charge is 0.464 e. The van der Waals surface area contributed by atoms with Crippen LogP contribution in [0.4, 0.5) is 0 Å². The molecule has 142 valence electrons. The Kier molecular flexibility index (Phi) is 5.21. The Labute approximate surface area is 167 Å². The molecule has 0 amide bonds. The van der Waals surface area contributed by atoms with Crippen molar-refractivity contribution in [2.45, 2.75) is 19.3 Å². The number of rotatable bonds is 6. The number of para-hydroxylation sites is 2. The van der Waals surface area contributed by atoms with E-state index in [2.05, 4.69) is 10.3 Å². The normalized spacial score (nSPS) is 11.2. The highest BCUT2D eigenvalue weighted by molar-refractivity contribution is 6.17. The molecule has 7 heteroatoms. The number of halogens is 1. The second-order valence-electron chi connectivity index (χ2n) is 6.43. The van der Waals surface area contributed by atoms with E-state index < -0.39 is 5.97 Å². The highest BCUT2D eigenvalue weighted by Gasteiger charge is 2.23. The molecule has 0 unspecified atom stereocenters. The lowest BCUT2D eigenvalue weighted by atomic mass is 10.1. The number of carbonyl (C=O) groups is 1. The van der Waals surface area contributed by atoms with E-state index in [0.29, 0.717) is 12.3 Å². The molecule has 0 bridgehead atoms. The van der Waals surface area contributed by atoms with Crippen LogP contribution in [0, 0.1) is 0 Å². The zero-order chi connectivity index (χ0) is 19.5. The maximum absolute atomic E-state index is 12.3. The number of carbonyl (C=O) groups excluding carboxylic acids is 1. The van der Waals surface area contributed by atoms with Gasteiger partial charge in [0.25, 0.3) is 0 Å². The van der Waals surface area contributed by atoms with Crippen LogP contribution in [0.2, 0.25) is 0 Å². The summed E-state index contributed by atoms with van der Waals surface area (Å²) < 4.78 is 6.67. The summed E-state index contributed by atoms with van der Waals surface area (Å²) in [5, 5.41) is 10.4. The standard InChI is InChI=1S/C21H19ClN4O2/c1-28-21(27)19-18(12-6-7-13-22)26(25-24-19)20-14-8-2-4-10-16(14)23-17-11-5-3-9-15(17)20/h2-5,8-11H,6-7,12-13H2,1H3. The quantitative estimate of drug-likeness (QED) is 0.211. The van der Waals surface area contributed by atoms with Gasteiger partial charge >= 0.3 is 5.97 Å². The summed E-state index contributed by atoms with van der Waals surface area (Å²) >= 11 is 5.85. The summed E-state index contributed by atoms with van der Waals surface area (Å²) in [4.78, 5) is 17.0. The predicted molar refractivity (Wildman–Crippen MR) is 109 cm³/mol. The van der Waals surface area contributed by atoms with Crippen LogP contribution in [0.25, 0.3) is 27.5 Å². The average molecular weight is 395 g/mol. The number of fused-ring (bicyclic) bond motifs is 2. The minimum absolute atomic E-state index is 0.238. The molecule has 0 saturated carbocycles. The molecule has 2 aromatic heterocycles. The van der Waals surface area contributed by atoms with Gasteiger partial charge in [0.2, 0.25) is 0 Å². The van der Waals surface area contributed by atoms with Crippen LogP contribution in [-0.2, 0) is 11.2 Å². The topological polar surface area (TPSA) is 69.9 Å². The molecule has 0 aliphatic rings. The summed E-state index contributed by atoms with van der Waals surface area (Å²) in [7, 11) is 1.35. The zero-order valence-electron chi connectivity index (χ0n) is 15.4. The maximum atomic E-state index is 12.3. The summed E-state index contributed by atoms with van der Waals surface area (Å²) in [6.45, 7) is 0. The van der Waals surface area contributed by atoms with Gasteiger partial charge in [-0.05, 0) is 31.4 Å². The van der Waals surface area contributed by atoms with Gasteiger partial charge in [0, 0.05) is 16.7 Å². The van der Waals surface area contributed by atoms with Gasteiger partial charge in [-0.3, -0.25) is 0 Å². The number of benzene rings is 2. The van der Waals surface area contributed by atoms with Gasteiger partial charge in [-0.15, -0.1) is 16.7 Å². The van der Waals surface area contributed by atoms with E-state index in [0.717, 1.165) is 46.0 Å². The third-order valence-electron chi connectivity index (χ3n) is 4.71. The molecule has 28 heavy (non-hydrogen) atoms. The number of aromatic nitrogens is 4. The summed E-state index contributed by atoms with van der Waals surface area (Å²) in [5.74, 6) is 0.0748. The SMILES string of the molecule is COC(=O)c1nnn(-c2c3ccccc3nc3ccccc23)c1CCCCCl. The second-order valence-corrected chi connectivity index (χ2v) is 6.81. The molecule has 2 aromatic carbocycles. The maximum Gasteiger partial charge on any atom is 0.360 e. The van der Waals surface area contributed by atoms with Gasteiger partial charge in [0.05, 0.1) is 29.5 Å². The first-order valence-corrected chi connectivity index (χ1v) is 9.64. The van der Waals surface area contributed by atoms with E-state index in [1.54, 1.807) is 4.68 Å². The number of hydrogen-bond donors (Lipinski definition) is 0. The Morgan fingerprint density at radius 2 is 1.68 bits per heavy atom. The van der Waals surface area contributed by atoms with Gasteiger partial charge in [0.15, 0.2) is 5.69 Å². The minimum Gasteiger partial charge on any atom is -0.464 e. The number of hydrogen-bond acceptors (Lipinski definition) is 5. The van der Waals surface area contributed by atoms with Gasteiger partial charge < -0.3 is 4.74 Å². The average Bonchev–Trinajstić information content (AvgIpc) is 3.15. The predicted octanol–water partition coefficient (Wildman–Crippen LogP) is 4.32. The highest BCUT2D eigenvalue weighted by atomic mass is 35.5. The number of alkyl halides is 1. The summed E-state index contributed by atoms with van der Waals surface area (Å²) in [5.41, 5.74) is 3.54. The summed E-state index contributed by atoms with van der Waals surface area (Å²) in [6.07, 6.45) is 2.28. The Balaban J connectivity index is 2.01. The summed E-state index contributed by atoms with van der Waals surface area (Å²) in [6, 6.07) is 15.8. The molecule has 0 radical (unpaired) electrons. The lowest BCUT2D eigenvalue weighted by Crippen LogP contribution is -2.10. The molecule has 4 rings (SSSR count). The number of nitrogens with zero attached hydrogens (tertiary/aromatic N) is 4. The molecule has 2 heterocycles. The molecule has 0 aliphatic heterocycles. The Hall–Kier alpha value is -2.99. The van der Waals surface area contributed by atoms with Crippen LogP contribution in [0.1, 0.15) is 29.0 Å². The minimum atomic E-state index is -0.491. The monoisotopic (exact) mass is 394 g/mol. The van der Waals surface area contributed by atoms with Crippen molar-refractivity contribution in [1.82, 2.24) is 20.0 Å². The van der Waals surface area contributed by atoms with Crippen LogP contribution in [0.3, 0.4) is 0 Å². The van der Waals surface area contributed by atoms with Crippen molar-refractivity contribution in [3.63, 3.8) is 0 Å². The van der Waals surface area contributed by atoms with Crippen LogP contribution < -0.4 is 0 Å². The number of unbranched alkanes of at least 4 members (excludes halogenated alkanes) is 1. The van der Waals surface area contributed by atoms with Crippen molar-refractivity contribution in [3.8, 4) is 5.69 Å². The number of pyridine rings is 1. The van der Waals surface area contributed by atoms with Crippen molar-refractivity contribution in [3.05, 3.63) is 59.9 Å². The van der Waals surface area contributed by atoms with Gasteiger partial charge in [-0.2, -0.15) is 0 Å². The van der Waals surface area contributed by atoms with E-state index in [1.807, 2.05) is 48.5 Å². The molecule has 0 atom stereocenters. The highest BCUT2D eigenvalue weighted by Crippen LogP contribution is 2.30. The molecule has 0 fully saturated rings. The van der Waals surface area contributed by atoms with E-state index in [4.69, 9.17) is 21.3 Å². The van der Waals surface area contributed by atoms with Crippen molar-refractivity contribution in [2.75, 3.05) is 13.0 Å². The Morgan fingerprint density at radius 3 is 2.29 bits per heavy atom. The van der Waals surface area contributed by atoms with Crippen LogP contribution in [-0.4, -0.2) is 38.9 Å². The third-order valence-corrected chi connectivity index (χ3v) is 4.98. The first-order chi connectivity index (χ1) is 13.7. The van der Waals surface area contributed by atoms with E-state index >= 15 is 0 Å². The molecule has 0 saturated heterocycles. The van der Waals surface area contributed by atoms with Crippen molar-refractivity contribution >= 4 is 39.4 Å². The lowest BCUT2D eigenvalue weighted by molar-refractivity contribution is 0.0592. The Bertz CT molecular complexity index is 1100. The number of esters is 1. The van der Waals surface area contributed by atoms with Crippen LogP contribution in [0.5, 0.6) is 0 Å². The molecule has 4 aromatic rings. The number of methoxy groups -OCH3 is 1. The Morgan fingerprint density at radius 1 is 1.04 bits per heavy atom. The van der Waals surface area contributed by atoms with Gasteiger partial charge in [-0.1, -0.05) is 41.6 Å². The molecular weight excluding hydrogens is 376 g/mol. The molecule has 0 spiro atoms. The molecule has 6 nitrogen and oxygen atoms in total. The van der Waals surface area contributed by atoms with Crippen molar-refractivity contribution in [2.24, 2.45) is 0 Å². The van der Waals surface area contributed by atoms with Crippen molar-refractivity contribution in [1.29, 1.82) is 0 Å². The zero-order valence-corrected chi connectivity index (χ0v) is 16.2. The van der Waals surface area contributed by atoms with E-state index in [9.17, 15) is 4.79 Å². The molecule has 0 aliphatic carbocycles. The van der Waals surface area contributed by atoms with Crippen molar-refractivity contribution < 1.29 is 9.53 Å².